The number of primary amides is 1. The molecule has 84 valence electrons. The fourth-order valence-electron chi connectivity index (χ4n) is 1.25. The van der Waals surface area contributed by atoms with E-state index in [0.717, 1.165) is 0 Å². The van der Waals surface area contributed by atoms with Gasteiger partial charge in [0.15, 0.2) is 9.84 Å². The highest BCUT2D eigenvalue weighted by molar-refractivity contribution is 7.91. The summed E-state index contributed by atoms with van der Waals surface area (Å²) in [4.78, 5) is 10.5. The average Bonchev–Trinajstić information content (AvgIpc) is 2.15. The molecule has 0 bridgehead atoms. The molecule has 0 spiro atoms. The van der Waals surface area contributed by atoms with Crippen LogP contribution in [0.4, 0.5) is 0 Å². The number of carbonyl (C=O) groups is 1. The third-order valence-corrected chi connectivity index (χ3v) is 3.30. The molecule has 16 heavy (non-hydrogen) atoms. The van der Waals surface area contributed by atoms with Crippen LogP contribution in [0.2, 0.25) is 0 Å². The predicted octanol–water partition coefficient (Wildman–Crippen LogP) is -0.0416. The minimum atomic E-state index is -3.54. The van der Waals surface area contributed by atoms with Crippen LogP contribution in [-0.4, -0.2) is 20.1 Å². The maximum absolute atomic E-state index is 11.4. The zero-order chi connectivity index (χ0) is 12.2. The van der Waals surface area contributed by atoms with Gasteiger partial charge in [0.05, 0.1) is 17.4 Å². The number of nitrogens with zero attached hydrogens (tertiary/aromatic N) is 1. The van der Waals surface area contributed by atoms with Crippen molar-refractivity contribution < 1.29 is 13.2 Å². The van der Waals surface area contributed by atoms with Crippen molar-refractivity contribution in [3.63, 3.8) is 0 Å². The van der Waals surface area contributed by atoms with E-state index < -0.39 is 21.5 Å². The molecule has 1 rings (SSSR count). The molecule has 0 fully saturated rings. The van der Waals surface area contributed by atoms with Crippen molar-refractivity contribution >= 4 is 15.7 Å². The molecule has 0 aliphatic rings. The van der Waals surface area contributed by atoms with E-state index >= 15 is 0 Å². The molecule has 0 saturated carbocycles. The number of carbonyl (C=O) groups excluding carboxylic acids is 1. The third kappa shape index (κ3) is 3.71. The van der Waals surface area contributed by atoms with Gasteiger partial charge in [0, 0.05) is 0 Å². The predicted molar refractivity (Wildman–Crippen MR) is 57.8 cm³/mol. The first-order valence-electron chi connectivity index (χ1n) is 4.41. The van der Waals surface area contributed by atoms with Gasteiger partial charge < -0.3 is 5.73 Å². The van der Waals surface area contributed by atoms with Crippen molar-refractivity contribution in [3.05, 3.63) is 35.4 Å². The van der Waals surface area contributed by atoms with Crippen LogP contribution in [0.15, 0.2) is 24.3 Å². The second-order valence-electron chi connectivity index (χ2n) is 3.31. The molecule has 2 N–H and O–H groups in total. The lowest BCUT2D eigenvalue weighted by atomic mass is 10.2. The molecule has 0 aliphatic carbocycles. The zero-order valence-corrected chi connectivity index (χ0v) is 9.20. The molecule has 0 aliphatic heterocycles. The largest absolute Gasteiger partial charge is 0.369 e. The van der Waals surface area contributed by atoms with E-state index in [4.69, 9.17) is 11.0 Å². The zero-order valence-electron chi connectivity index (χ0n) is 8.38. The Hall–Kier alpha value is -1.87. The van der Waals surface area contributed by atoms with Crippen molar-refractivity contribution in [1.82, 2.24) is 0 Å². The van der Waals surface area contributed by atoms with Crippen molar-refractivity contribution in [1.29, 1.82) is 5.26 Å². The number of hydrogen-bond acceptors (Lipinski definition) is 4. The van der Waals surface area contributed by atoms with Crippen LogP contribution in [-0.2, 0) is 20.4 Å². The summed E-state index contributed by atoms with van der Waals surface area (Å²) in [5, 5.41) is 8.63. The summed E-state index contributed by atoms with van der Waals surface area (Å²) in [6.45, 7) is 0. The van der Waals surface area contributed by atoms with Crippen LogP contribution in [0.5, 0.6) is 0 Å². The summed E-state index contributed by atoms with van der Waals surface area (Å²) in [7, 11) is -3.54. The molecule has 0 aromatic heterocycles. The minimum absolute atomic E-state index is 0.286. The van der Waals surface area contributed by atoms with Gasteiger partial charge in [0.25, 0.3) is 0 Å². The Kier molecular flexibility index (Phi) is 3.64. The van der Waals surface area contributed by atoms with Crippen LogP contribution >= 0.6 is 0 Å². The van der Waals surface area contributed by atoms with Crippen LogP contribution in [0, 0.1) is 11.3 Å². The first kappa shape index (κ1) is 12.2. The number of benzene rings is 1. The molecule has 5 nitrogen and oxygen atoms in total. The van der Waals surface area contributed by atoms with Crippen LogP contribution in [0.3, 0.4) is 0 Å². The van der Waals surface area contributed by atoms with Gasteiger partial charge in [-0.1, -0.05) is 12.1 Å². The number of nitriles is 1. The van der Waals surface area contributed by atoms with Gasteiger partial charge in [-0.05, 0) is 17.7 Å². The molecular weight excluding hydrogens is 228 g/mol. The third-order valence-electron chi connectivity index (χ3n) is 1.80. The minimum Gasteiger partial charge on any atom is -0.369 e. The molecule has 1 amide bonds. The Morgan fingerprint density at radius 2 is 2.12 bits per heavy atom. The maximum Gasteiger partial charge on any atom is 0.232 e. The van der Waals surface area contributed by atoms with Gasteiger partial charge in [-0.2, -0.15) is 5.26 Å². The number of amides is 1. The average molecular weight is 238 g/mol. The normalized spacial score (nSPS) is 10.7. The Morgan fingerprint density at radius 1 is 1.44 bits per heavy atom. The van der Waals surface area contributed by atoms with Crippen LogP contribution in [0.25, 0.3) is 0 Å². The molecular formula is C10H10N2O3S. The lowest BCUT2D eigenvalue weighted by Gasteiger charge is -2.02. The highest BCUT2D eigenvalue weighted by Crippen LogP contribution is 2.09. The first-order chi connectivity index (χ1) is 7.43. The highest BCUT2D eigenvalue weighted by Gasteiger charge is 2.15. The van der Waals surface area contributed by atoms with E-state index in [1.807, 2.05) is 6.07 Å². The molecule has 0 radical (unpaired) electrons. The van der Waals surface area contributed by atoms with E-state index in [-0.39, 0.29) is 5.75 Å². The lowest BCUT2D eigenvalue weighted by molar-refractivity contribution is -0.115. The molecule has 0 unspecified atom stereocenters. The maximum atomic E-state index is 11.4. The van der Waals surface area contributed by atoms with Crippen molar-refractivity contribution in [2.24, 2.45) is 5.73 Å². The van der Waals surface area contributed by atoms with E-state index in [1.54, 1.807) is 18.2 Å². The van der Waals surface area contributed by atoms with Crippen LogP contribution in [0.1, 0.15) is 11.1 Å². The number of rotatable bonds is 4. The topological polar surface area (TPSA) is 101 Å². The van der Waals surface area contributed by atoms with Crippen molar-refractivity contribution in [2.75, 3.05) is 5.75 Å². The van der Waals surface area contributed by atoms with Gasteiger partial charge >= 0.3 is 0 Å². The van der Waals surface area contributed by atoms with E-state index in [1.165, 1.54) is 6.07 Å². The Morgan fingerprint density at radius 3 is 2.69 bits per heavy atom. The monoisotopic (exact) mass is 238 g/mol. The van der Waals surface area contributed by atoms with Gasteiger partial charge in [0.2, 0.25) is 5.91 Å². The molecule has 6 heteroatoms. The van der Waals surface area contributed by atoms with E-state index in [2.05, 4.69) is 0 Å². The second kappa shape index (κ2) is 4.77. The smallest absolute Gasteiger partial charge is 0.232 e. The fraction of sp³-hybridized carbons (Fsp3) is 0.200. The summed E-state index contributed by atoms with van der Waals surface area (Å²) >= 11 is 0. The molecule has 1 aromatic rings. The number of nitrogens with two attached hydrogens (primary N) is 1. The highest BCUT2D eigenvalue weighted by atomic mass is 32.2. The van der Waals surface area contributed by atoms with Crippen molar-refractivity contribution in [3.8, 4) is 6.07 Å². The summed E-state index contributed by atoms with van der Waals surface area (Å²) in [6, 6.07) is 8.13. The molecule has 1 aromatic carbocycles. The number of hydrogen-bond donors (Lipinski definition) is 1. The van der Waals surface area contributed by atoms with Gasteiger partial charge in [-0.15, -0.1) is 0 Å². The molecule has 0 saturated heterocycles. The molecule has 0 atom stereocenters. The summed E-state index contributed by atoms with van der Waals surface area (Å²) < 4.78 is 22.9. The quantitative estimate of drug-likeness (QED) is 0.795. The van der Waals surface area contributed by atoms with E-state index in [0.29, 0.717) is 11.1 Å². The SMILES string of the molecule is N#Cc1cccc(CS(=O)(=O)CC(N)=O)c1. The summed E-state index contributed by atoms with van der Waals surface area (Å²) in [6.07, 6.45) is 0. The van der Waals surface area contributed by atoms with Gasteiger partial charge in [0.1, 0.15) is 5.75 Å². The second-order valence-corrected chi connectivity index (χ2v) is 5.38. The van der Waals surface area contributed by atoms with Crippen LogP contribution < -0.4 is 5.73 Å². The van der Waals surface area contributed by atoms with Gasteiger partial charge in [-0.3, -0.25) is 4.79 Å². The fourth-order valence-corrected chi connectivity index (χ4v) is 2.48. The first-order valence-corrected chi connectivity index (χ1v) is 6.23. The van der Waals surface area contributed by atoms with E-state index in [9.17, 15) is 13.2 Å². The standard InChI is InChI=1S/C10H10N2O3S/c11-5-8-2-1-3-9(4-8)6-16(14,15)7-10(12)13/h1-4H,6-7H2,(H2,12,13). The van der Waals surface area contributed by atoms with Crippen molar-refractivity contribution in [2.45, 2.75) is 5.75 Å². The number of sulfone groups is 1. The summed E-state index contributed by atoms with van der Waals surface area (Å²) in [5.41, 5.74) is 5.67. The lowest BCUT2D eigenvalue weighted by Crippen LogP contribution is -2.24. The summed E-state index contributed by atoms with van der Waals surface area (Å²) in [5.74, 6) is -1.84. The Balaban J connectivity index is 2.89. The Bertz CT molecular complexity index is 543. The van der Waals surface area contributed by atoms with Gasteiger partial charge in [-0.25, -0.2) is 8.42 Å². The molecule has 0 heterocycles. The Labute approximate surface area is 93.4 Å².